The van der Waals surface area contributed by atoms with Crippen molar-refractivity contribution < 1.29 is 32.2 Å². The number of carbonyl (C=O) groups excluding carboxylic acids is 2. The van der Waals surface area contributed by atoms with E-state index in [1.165, 1.54) is 0 Å². The molecule has 0 bridgehead atoms. The maximum Gasteiger partial charge on any atom is 0.416 e. The average Bonchev–Trinajstić information content (AvgIpc) is 3.35. The van der Waals surface area contributed by atoms with E-state index in [2.05, 4.69) is 10.3 Å². The first kappa shape index (κ1) is 28.5. The molecule has 1 atom stereocenters. The molecular formula is C26H35F3N4O4. The van der Waals surface area contributed by atoms with Crippen molar-refractivity contribution in [3.63, 3.8) is 0 Å². The first-order valence-electron chi connectivity index (χ1n) is 12.1. The number of amides is 2. The third-order valence-electron chi connectivity index (χ3n) is 5.84. The highest BCUT2D eigenvalue weighted by Crippen LogP contribution is 2.32. The molecule has 204 valence electrons. The van der Waals surface area contributed by atoms with Gasteiger partial charge in [-0.05, 0) is 51.8 Å². The van der Waals surface area contributed by atoms with Crippen molar-refractivity contribution in [2.75, 3.05) is 11.9 Å². The van der Waals surface area contributed by atoms with E-state index in [9.17, 15) is 22.8 Å². The summed E-state index contributed by atoms with van der Waals surface area (Å²) < 4.78 is 55.1. The predicted molar refractivity (Wildman–Crippen MR) is 132 cm³/mol. The third-order valence-corrected chi connectivity index (χ3v) is 5.84. The van der Waals surface area contributed by atoms with E-state index in [1.54, 1.807) is 31.5 Å². The Bertz CT molecular complexity index is 1220. The van der Waals surface area contributed by atoms with Gasteiger partial charge in [-0.3, -0.25) is 19.5 Å². The maximum atomic E-state index is 13.5. The smallest absolute Gasteiger partial charge is 0.416 e. The summed E-state index contributed by atoms with van der Waals surface area (Å²) in [5.41, 5.74) is -1.52. The lowest BCUT2D eigenvalue weighted by Gasteiger charge is -2.21. The van der Waals surface area contributed by atoms with E-state index < -0.39 is 34.9 Å². The number of rotatable bonds is 4. The molecule has 1 aromatic heterocycles. The SMILES string of the molecule is Cn1c(C(C)(C)C)c/c(=N\C(=O)c2cc(C(F)(F)F)ccc2NC(=O)OC(C)(C)C)n1C[C@H]1CCCO1. The summed E-state index contributed by atoms with van der Waals surface area (Å²) in [5, 5.41) is 2.39. The van der Waals surface area contributed by atoms with E-state index in [0.717, 1.165) is 30.7 Å². The Morgan fingerprint density at radius 2 is 1.81 bits per heavy atom. The van der Waals surface area contributed by atoms with E-state index in [0.29, 0.717) is 19.2 Å². The second-order valence-electron chi connectivity index (χ2n) is 11.2. The van der Waals surface area contributed by atoms with Crippen molar-refractivity contribution in [1.82, 2.24) is 9.36 Å². The van der Waals surface area contributed by atoms with Crippen LogP contribution in [0.4, 0.5) is 23.7 Å². The number of carbonyl (C=O) groups is 2. The zero-order chi connectivity index (χ0) is 27.8. The largest absolute Gasteiger partial charge is 0.444 e. The lowest BCUT2D eigenvalue weighted by atomic mass is 9.92. The molecule has 2 aromatic rings. The van der Waals surface area contributed by atoms with Gasteiger partial charge in [0.1, 0.15) is 5.60 Å². The summed E-state index contributed by atoms with van der Waals surface area (Å²) in [4.78, 5) is 29.9. The molecule has 3 rings (SSSR count). The van der Waals surface area contributed by atoms with E-state index in [1.807, 2.05) is 32.5 Å². The van der Waals surface area contributed by atoms with E-state index in [-0.39, 0.29) is 22.7 Å². The molecule has 11 heteroatoms. The number of anilines is 1. The van der Waals surface area contributed by atoms with Gasteiger partial charge in [0.25, 0.3) is 5.91 Å². The Labute approximate surface area is 214 Å². The highest BCUT2D eigenvalue weighted by Gasteiger charge is 2.32. The number of ether oxygens (including phenoxy) is 2. The lowest BCUT2D eigenvalue weighted by Crippen LogP contribution is -2.30. The zero-order valence-electron chi connectivity index (χ0n) is 22.3. The van der Waals surface area contributed by atoms with Crippen LogP contribution in [0.3, 0.4) is 0 Å². The van der Waals surface area contributed by atoms with Crippen LogP contribution in [0.5, 0.6) is 0 Å². The Morgan fingerprint density at radius 1 is 1.14 bits per heavy atom. The topological polar surface area (TPSA) is 86.9 Å². The first-order valence-corrected chi connectivity index (χ1v) is 12.1. The summed E-state index contributed by atoms with van der Waals surface area (Å²) in [5.74, 6) is -0.927. The number of hydrogen-bond donors (Lipinski definition) is 1. The first-order chi connectivity index (χ1) is 17.0. The number of hydrogen-bond acceptors (Lipinski definition) is 4. The van der Waals surface area contributed by atoms with Crippen molar-refractivity contribution in [2.45, 2.75) is 84.2 Å². The molecule has 8 nitrogen and oxygen atoms in total. The number of alkyl halides is 3. The molecule has 1 saturated heterocycles. The van der Waals surface area contributed by atoms with Gasteiger partial charge in [-0.1, -0.05) is 20.8 Å². The molecule has 0 unspecified atom stereocenters. The average molecular weight is 525 g/mol. The van der Waals surface area contributed by atoms with Crippen LogP contribution in [-0.4, -0.2) is 39.7 Å². The molecule has 2 heterocycles. The number of benzene rings is 1. The van der Waals surface area contributed by atoms with Crippen LogP contribution < -0.4 is 10.8 Å². The molecule has 1 N–H and O–H groups in total. The van der Waals surface area contributed by atoms with Gasteiger partial charge in [0.15, 0.2) is 5.49 Å². The molecule has 0 spiro atoms. The number of nitrogens with one attached hydrogen (secondary N) is 1. The van der Waals surface area contributed by atoms with Gasteiger partial charge in [-0.15, -0.1) is 0 Å². The zero-order valence-corrected chi connectivity index (χ0v) is 22.3. The Balaban J connectivity index is 2.10. The lowest BCUT2D eigenvalue weighted by molar-refractivity contribution is -0.137. The van der Waals surface area contributed by atoms with Gasteiger partial charge in [0.2, 0.25) is 0 Å². The van der Waals surface area contributed by atoms with Gasteiger partial charge in [-0.25, -0.2) is 4.79 Å². The molecule has 0 radical (unpaired) electrons. The van der Waals surface area contributed by atoms with Crippen LogP contribution in [0.2, 0.25) is 0 Å². The second kappa shape index (κ2) is 10.4. The summed E-state index contributed by atoms with van der Waals surface area (Å²) in [7, 11) is 1.85. The highest BCUT2D eigenvalue weighted by molar-refractivity contribution is 6.03. The van der Waals surface area contributed by atoms with Crippen LogP contribution in [0.1, 0.15) is 76.0 Å². The summed E-state index contributed by atoms with van der Waals surface area (Å²) in [6.45, 7) is 12.1. The number of nitrogens with zero attached hydrogens (tertiary/aromatic N) is 3. The molecule has 0 saturated carbocycles. The molecule has 1 fully saturated rings. The second-order valence-corrected chi connectivity index (χ2v) is 11.2. The number of aromatic nitrogens is 2. The van der Waals surface area contributed by atoms with Crippen LogP contribution in [-0.2, 0) is 34.7 Å². The van der Waals surface area contributed by atoms with E-state index >= 15 is 0 Å². The summed E-state index contributed by atoms with van der Waals surface area (Å²) in [6, 6.07) is 4.26. The minimum absolute atomic E-state index is 0.0616. The normalized spacial score (nSPS) is 17.2. The van der Waals surface area contributed by atoms with E-state index in [4.69, 9.17) is 9.47 Å². The standard InChI is InChI=1S/C26H35F3N4O4/c1-24(2,3)20-14-21(33(32(20)7)15-17-9-8-12-36-17)31-22(34)18-13-16(26(27,28)29)10-11-19(18)30-23(35)37-25(4,5)6/h10-11,13-14,17H,8-9,12,15H2,1-7H3,(H,30,35)/b31-21+/t17-/m1/s1. The fourth-order valence-electron chi connectivity index (χ4n) is 4.15. The van der Waals surface area contributed by atoms with Gasteiger partial charge >= 0.3 is 12.3 Å². The highest BCUT2D eigenvalue weighted by atomic mass is 19.4. The molecule has 37 heavy (non-hydrogen) atoms. The van der Waals surface area contributed by atoms with Crippen molar-refractivity contribution in [1.29, 1.82) is 0 Å². The van der Waals surface area contributed by atoms with Crippen molar-refractivity contribution in [3.05, 3.63) is 46.6 Å². The molecule has 1 aromatic carbocycles. The minimum Gasteiger partial charge on any atom is -0.444 e. The van der Waals surface area contributed by atoms with Crippen LogP contribution in [0.25, 0.3) is 0 Å². The summed E-state index contributed by atoms with van der Waals surface area (Å²) >= 11 is 0. The predicted octanol–water partition coefficient (Wildman–Crippen LogP) is 5.41. The maximum absolute atomic E-state index is 13.5. The third kappa shape index (κ3) is 7.24. The molecule has 2 amide bonds. The Hall–Kier alpha value is -3.08. The molecular weight excluding hydrogens is 489 g/mol. The summed E-state index contributed by atoms with van der Waals surface area (Å²) in [6.07, 6.45) is -3.87. The minimum atomic E-state index is -4.69. The fourth-order valence-corrected chi connectivity index (χ4v) is 4.15. The molecule has 1 aliphatic heterocycles. The van der Waals surface area contributed by atoms with Crippen LogP contribution in [0.15, 0.2) is 29.3 Å². The Morgan fingerprint density at radius 3 is 2.35 bits per heavy atom. The van der Waals surface area contributed by atoms with Crippen molar-refractivity contribution in [3.8, 4) is 0 Å². The van der Waals surface area contributed by atoms with Crippen LogP contribution in [0, 0.1) is 0 Å². The fraction of sp³-hybridized carbons (Fsp3) is 0.577. The quantitative estimate of drug-likeness (QED) is 0.580. The van der Waals surface area contributed by atoms with Gasteiger partial charge in [0, 0.05) is 30.8 Å². The molecule has 1 aliphatic rings. The van der Waals surface area contributed by atoms with Gasteiger partial charge in [-0.2, -0.15) is 18.2 Å². The Kier molecular flexibility index (Phi) is 7.97. The monoisotopic (exact) mass is 524 g/mol. The van der Waals surface area contributed by atoms with Gasteiger partial charge < -0.3 is 9.47 Å². The van der Waals surface area contributed by atoms with Gasteiger partial charge in [0.05, 0.1) is 29.5 Å². The number of halogens is 3. The van der Waals surface area contributed by atoms with Crippen LogP contribution >= 0.6 is 0 Å². The van der Waals surface area contributed by atoms with Crippen molar-refractivity contribution in [2.24, 2.45) is 12.0 Å². The molecule has 0 aliphatic carbocycles. The van der Waals surface area contributed by atoms with Crippen molar-refractivity contribution >= 4 is 17.7 Å².